The SMILES string of the molecule is CCN(CC)c1ncc(CNc2ccc(OC)c(Cl)c2)s1. The molecular weight excluding hydrogens is 306 g/mol. The van der Waals surface area contributed by atoms with Gasteiger partial charge in [0.25, 0.3) is 0 Å². The molecular formula is C15H20ClN3OS. The Bertz CT molecular complexity index is 584. The highest BCUT2D eigenvalue weighted by atomic mass is 35.5. The van der Waals surface area contributed by atoms with E-state index in [0.29, 0.717) is 10.8 Å². The van der Waals surface area contributed by atoms with Crippen molar-refractivity contribution in [3.63, 3.8) is 0 Å². The molecule has 4 nitrogen and oxygen atoms in total. The molecule has 0 saturated heterocycles. The Morgan fingerprint density at radius 3 is 2.71 bits per heavy atom. The fraction of sp³-hybridized carbons (Fsp3) is 0.400. The minimum absolute atomic E-state index is 0.607. The molecule has 0 aliphatic carbocycles. The number of anilines is 2. The lowest BCUT2D eigenvalue weighted by Gasteiger charge is -2.16. The second-order valence-corrected chi connectivity index (χ2v) is 5.99. The summed E-state index contributed by atoms with van der Waals surface area (Å²) in [5.41, 5.74) is 0.971. The van der Waals surface area contributed by atoms with Crippen LogP contribution in [0, 0.1) is 0 Å². The lowest BCUT2D eigenvalue weighted by Crippen LogP contribution is -2.21. The van der Waals surface area contributed by atoms with Crippen molar-refractivity contribution in [1.82, 2.24) is 4.98 Å². The van der Waals surface area contributed by atoms with E-state index in [0.717, 1.165) is 30.5 Å². The molecule has 1 aromatic heterocycles. The molecule has 2 aromatic rings. The highest BCUT2D eigenvalue weighted by Crippen LogP contribution is 2.28. The Morgan fingerprint density at radius 1 is 1.33 bits per heavy atom. The number of rotatable bonds is 7. The molecule has 0 atom stereocenters. The number of ether oxygens (including phenoxy) is 1. The zero-order chi connectivity index (χ0) is 15.2. The van der Waals surface area contributed by atoms with Crippen LogP contribution in [0.1, 0.15) is 18.7 Å². The highest BCUT2D eigenvalue weighted by molar-refractivity contribution is 7.15. The Hall–Kier alpha value is -1.46. The van der Waals surface area contributed by atoms with E-state index in [1.807, 2.05) is 24.4 Å². The summed E-state index contributed by atoms with van der Waals surface area (Å²) in [6.45, 7) is 6.97. The highest BCUT2D eigenvalue weighted by Gasteiger charge is 2.08. The van der Waals surface area contributed by atoms with Crippen molar-refractivity contribution in [2.75, 3.05) is 30.4 Å². The first-order chi connectivity index (χ1) is 10.2. The predicted octanol–water partition coefficient (Wildman–Crippen LogP) is 4.26. The van der Waals surface area contributed by atoms with E-state index < -0.39 is 0 Å². The smallest absolute Gasteiger partial charge is 0.185 e. The van der Waals surface area contributed by atoms with Gasteiger partial charge in [-0.15, -0.1) is 11.3 Å². The second-order valence-electron chi connectivity index (χ2n) is 4.48. The number of hydrogen-bond donors (Lipinski definition) is 1. The van der Waals surface area contributed by atoms with Crippen molar-refractivity contribution in [3.8, 4) is 5.75 Å². The van der Waals surface area contributed by atoms with Gasteiger partial charge < -0.3 is 15.0 Å². The number of nitrogens with zero attached hydrogens (tertiary/aromatic N) is 2. The van der Waals surface area contributed by atoms with Crippen molar-refractivity contribution >= 4 is 33.8 Å². The van der Waals surface area contributed by atoms with Gasteiger partial charge in [0, 0.05) is 29.9 Å². The van der Waals surface area contributed by atoms with Crippen LogP contribution in [0.3, 0.4) is 0 Å². The maximum absolute atomic E-state index is 6.11. The fourth-order valence-electron chi connectivity index (χ4n) is 1.98. The zero-order valence-electron chi connectivity index (χ0n) is 12.5. The average molecular weight is 326 g/mol. The average Bonchev–Trinajstić information content (AvgIpc) is 2.95. The van der Waals surface area contributed by atoms with Gasteiger partial charge in [-0.25, -0.2) is 4.98 Å². The molecule has 1 aromatic carbocycles. The van der Waals surface area contributed by atoms with E-state index in [1.165, 1.54) is 4.88 Å². The maximum atomic E-state index is 6.11. The minimum Gasteiger partial charge on any atom is -0.495 e. The van der Waals surface area contributed by atoms with Crippen molar-refractivity contribution in [3.05, 3.63) is 34.3 Å². The van der Waals surface area contributed by atoms with Gasteiger partial charge in [0.15, 0.2) is 5.13 Å². The van der Waals surface area contributed by atoms with Crippen molar-refractivity contribution in [2.24, 2.45) is 0 Å². The van der Waals surface area contributed by atoms with Crippen LogP contribution in [0.4, 0.5) is 10.8 Å². The Kier molecular flexibility index (Phi) is 5.70. The first-order valence-electron chi connectivity index (χ1n) is 6.95. The largest absolute Gasteiger partial charge is 0.495 e. The number of methoxy groups -OCH3 is 1. The molecule has 0 unspecified atom stereocenters. The predicted molar refractivity (Wildman–Crippen MR) is 91.0 cm³/mol. The second kappa shape index (κ2) is 7.52. The summed E-state index contributed by atoms with van der Waals surface area (Å²) in [5.74, 6) is 0.684. The Labute approximate surface area is 134 Å². The van der Waals surface area contributed by atoms with Gasteiger partial charge in [-0.1, -0.05) is 11.6 Å². The van der Waals surface area contributed by atoms with Gasteiger partial charge in [0.05, 0.1) is 18.7 Å². The third-order valence-corrected chi connectivity index (χ3v) is 4.55. The minimum atomic E-state index is 0.607. The van der Waals surface area contributed by atoms with Gasteiger partial charge >= 0.3 is 0 Å². The molecule has 0 spiro atoms. The number of benzene rings is 1. The van der Waals surface area contributed by atoms with Crippen LogP contribution in [-0.4, -0.2) is 25.2 Å². The van der Waals surface area contributed by atoms with Gasteiger partial charge in [0.2, 0.25) is 0 Å². The molecule has 0 radical (unpaired) electrons. The summed E-state index contributed by atoms with van der Waals surface area (Å²) in [7, 11) is 1.61. The molecule has 0 saturated carbocycles. The van der Waals surface area contributed by atoms with Gasteiger partial charge in [-0.2, -0.15) is 0 Å². The molecule has 6 heteroatoms. The van der Waals surface area contributed by atoms with Crippen LogP contribution in [0.5, 0.6) is 5.75 Å². The van der Waals surface area contributed by atoms with Crippen LogP contribution < -0.4 is 15.0 Å². The van der Waals surface area contributed by atoms with Crippen molar-refractivity contribution < 1.29 is 4.74 Å². The molecule has 1 heterocycles. The first kappa shape index (κ1) is 15.9. The van der Waals surface area contributed by atoms with Crippen LogP contribution in [0.15, 0.2) is 24.4 Å². The molecule has 0 bridgehead atoms. The molecule has 0 amide bonds. The number of thiazole rings is 1. The number of nitrogens with one attached hydrogen (secondary N) is 1. The molecule has 1 N–H and O–H groups in total. The molecule has 114 valence electrons. The van der Waals surface area contributed by atoms with Crippen LogP contribution >= 0.6 is 22.9 Å². The van der Waals surface area contributed by atoms with Gasteiger partial charge in [-0.05, 0) is 32.0 Å². The summed E-state index contributed by atoms with van der Waals surface area (Å²) in [5, 5.41) is 5.03. The van der Waals surface area contributed by atoms with Gasteiger partial charge in [0.1, 0.15) is 5.75 Å². The Morgan fingerprint density at radius 2 is 2.10 bits per heavy atom. The summed E-state index contributed by atoms with van der Waals surface area (Å²) >= 11 is 7.83. The fourth-order valence-corrected chi connectivity index (χ4v) is 3.22. The number of halogens is 1. The van der Waals surface area contributed by atoms with Crippen LogP contribution in [0.2, 0.25) is 5.02 Å². The normalized spacial score (nSPS) is 10.5. The van der Waals surface area contributed by atoms with Gasteiger partial charge in [-0.3, -0.25) is 0 Å². The van der Waals surface area contributed by atoms with Crippen molar-refractivity contribution in [1.29, 1.82) is 0 Å². The molecule has 21 heavy (non-hydrogen) atoms. The summed E-state index contributed by atoms with van der Waals surface area (Å²) in [6, 6.07) is 5.68. The van der Waals surface area contributed by atoms with Crippen molar-refractivity contribution in [2.45, 2.75) is 20.4 Å². The lowest BCUT2D eigenvalue weighted by atomic mass is 10.3. The standard InChI is InChI=1S/C15H20ClN3OS/c1-4-19(5-2)15-18-10-12(21-15)9-17-11-6-7-14(20-3)13(16)8-11/h6-8,10,17H,4-5,9H2,1-3H3. The monoisotopic (exact) mass is 325 g/mol. The molecule has 0 fully saturated rings. The summed E-state index contributed by atoms with van der Waals surface area (Å²) < 4.78 is 5.14. The quantitative estimate of drug-likeness (QED) is 0.825. The third kappa shape index (κ3) is 4.02. The van der Waals surface area contributed by atoms with E-state index in [2.05, 4.69) is 29.0 Å². The zero-order valence-corrected chi connectivity index (χ0v) is 14.1. The molecule has 0 aliphatic rings. The van der Waals surface area contributed by atoms with E-state index in [1.54, 1.807) is 18.4 Å². The van der Waals surface area contributed by atoms with E-state index in [4.69, 9.17) is 16.3 Å². The van der Waals surface area contributed by atoms with Crippen LogP contribution in [-0.2, 0) is 6.54 Å². The van der Waals surface area contributed by atoms with E-state index in [-0.39, 0.29) is 0 Å². The summed E-state index contributed by atoms with van der Waals surface area (Å²) in [4.78, 5) is 7.92. The Balaban J connectivity index is 1.98. The van der Waals surface area contributed by atoms with Crippen LogP contribution in [0.25, 0.3) is 0 Å². The molecule has 2 rings (SSSR count). The summed E-state index contributed by atoms with van der Waals surface area (Å²) in [6.07, 6.45) is 1.93. The topological polar surface area (TPSA) is 37.4 Å². The number of hydrogen-bond acceptors (Lipinski definition) is 5. The maximum Gasteiger partial charge on any atom is 0.185 e. The third-order valence-electron chi connectivity index (χ3n) is 3.19. The van der Waals surface area contributed by atoms with E-state index in [9.17, 15) is 0 Å². The first-order valence-corrected chi connectivity index (χ1v) is 8.14. The number of aromatic nitrogens is 1. The van der Waals surface area contributed by atoms with E-state index >= 15 is 0 Å². The lowest BCUT2D eigenvalue weighted by molar-refractivity contribution is 0.415. The molecule has 0 aliphatic heterocycles.